The number of fused-ring (bicyclic) bond motifs is 1. The second-order valence-corrected chi connectivity index (χ2v) is 6.15. The fraction of sp³-hybridized carbons (Fsp3) is 0.188. The largest absolute Gasteiger partial charge is 0.368 e. The molecule has 1 aromatic carbocycles. The number of aromatic nitrogens is 4. The summed E-state index contributed by atoms with van der Waals surface area (Å²) < 4.78 is 1.93. The summed E-state index contributed by atoms with van der Waals surface area (Å²) in [6.07, 6.45) is 2.17. The standard InChI is InChI=1S/C16H15N7OS/c17-6-3-7-23-8-11(10-4-1-2-5-12(10)23)13(24)9-25-16-21-14(18)20-15(19)22-16/h1-2,4-5,8H,3,7,9H2,(H4,18,19,20,21,22). The number of nitriles is 1. The molecular formula is C16H15N7OS. The second kappa shape index (κ2) is 7.19. The van der Waals surface area contributed by atoms with Crippen molar-refractivity contribution in [3.05, 3.63) is 36.0 Å². The van der Waals surface area contributed by atoms with Crippen molar-refractivity contribution in [1.29, 1.82) is 5.26 Å². The number of aryl methyl sites for hydroxylation is 1. The summed E-state index contributed by atoms with van der Waals surface area (Å²) in [4.78, 5) is 24.3. The fourth-order valence-electron chi connectivity index (χ4n) is 2.49. The van der Waals surface area contributed by atoms with Gasteiger partial charge in [-0.15, -0.1) is 0 Å². The molecule has 0 saturated carbocycles. The number of hydrogen-bond acceptors (Lipinski definition) is 8. The fourth-order valence-corrected chi connectivity index (χ4v) is 3.22. The first-order valence-electron chi connectivity index (χ1n) is 7.46. The van der Waals surface area contributed by atoms with Gasteiger partial charge in [-0.25, -0.2) is 0 Å². The van der Waals surface area contributed by atoms with E-state index in [4.69, 9.17) is 16.7 Å². The topological polar surface area (TPSA) is 136 Å². The predicted octanol–water partition coefficient (Wildman–Crippen LogP) is 1.88. The molecular weight excluding hydrogens is 338 g/mol. The van der Waals surface area contributed by atoms with E-state index in [1.807, 2.05) is 28.8 Å². The molecule has 0 fully saturated rings. The molecule has 4 N–H and O–H groups in total. The normalized spacial score (nSPS) is 10.7. The predicted molar refractivity (Wildman–Crippen MR) is 95.9 cm³/mol. The Hall–Kier alpha value is -3.12. The molecule has 0 saturated heterocycles. The highest BCUT2D eigenvalue weighted by Crippen LogP contribution is 2.24. The first kappa shape index (κ1) is 16.7. The van der Waals surface area contributed by atoms with Crippen LogP contribution in [0.4, 0.5) is 11.9 Å². The molecule has 0 unspecified atom stereocenters. The number of ketones is 1. The summed E-state index contributed by atoms with van der Waals surface area (Å²) in [6.45, 7) is 0.540. The number of benzene rings is 1. The van der Waals surface area contributed by atoms with Crippen molar-refractivity contribution < 1.29 is 4.79 Å². The van der Waals surface area contributed by atoms with E-state index in [0.29, 0.717) is 23.7 Å². The van der Waals surface area contributed by atoms with Gasteiger partial charge in [0.25, 0.3) is 0 Å². The maximum atomic E-state index is 12.7. The zero-order valence-electron chi connectivity index (χ0n) is 13.2. The SMILES string of the molecule is N#CCCn1cc(C(=O)CSc2nc(N)nc(N)n2)c2ccccc21. The van der Waals surface area contributed by atoms with Gasteiger partial charge in [-0.3, -0.25) is 4.79 Å². The Labute approximate surface area is 147 Å². The number of hydrogen-bond donors (Lipinski definition) is 2. The molecule has 3 rings (SSSR count). The van der Waals surface area contributed by atoms with Gasteiger partial charge >= 0.3 is 0 Å². The highest BCUT2D eigenvalue weighted by atomic mass is 32.2. The number of para-hydroxylation sites is 1. The van der Waals surface area contributed by atoms with Crippen molar-refractivity contribution in [2.75, 3.05) is 17.2 Å². The van der Waals surface area contributed by atoms with E-state index in [9.17, 15) is 4.79 Å². The van der Waals surface area contributed by atoms with Crippen molar-refractivity contribution in [2.24, 2.45) is 0 Å². The molecule has 126 valence electrons. The van der Waals surface area contributed by atoms with Crippen molar-refractivity contribution in [3.63, 3.8) is 0 Å². The molecule has 25 heavy (non-hydrogen) atoms. The van der Waals surface area contributed by atoms with Crippen LogP contribution in [0, 0.1) is 11.3 Å². The summed E-state index contributed by atoms with van der Waals surface area (Å²) >= 11 is 1.15. The Kier molecular flexibility index (Phi) is 4.81. The first-order chi connectivity index (χ1) is 12.1. The van der Waals surface area contributed by atoms with Crippen LogP contribution in [0.2, 0.25) is 0 Å². The third kappa shape index (κ3) is 3.70. The highest BCUT2D eigenvalue weighted by Gasteiger charge is 2.16. The van der Waals surface area contributed by atoms with Crippen LogP contribution in [-0.4, -0.2) is 31.1 Å². The molecule has 9 heteroatoms. The number of nitrogens with two attached hydrogens (primary N) is 2. The molecule has 0 radical (unpaired) electrons. The van der Waals surface area contributed by atoms with Crippen LogP contribution in [0.3, 0.4) is 0 Å². The minimum Gasteiger partial charge on any atom is -0.368 e. The molecule has 8 nitrogen and oxygen atoms in total. The number of thioether (sulfide) groups is 1. The van der Waals surface area contributed by atoms with Gasteiger partial charge in [-0.1, -0.05) is 30.0 Å². The van der Waals surface area contributed by atoms with Gasteiger partial charge in [0.1, 0.15) is 0 Å². The number of nitrogens with zero attached hydrogens (tertiary/aromatic N) is 5. The molecule has 0 aliphatic carbocycles. The van der Waals surface area contributed by atoms with Gasteiger partial charge in [-0.05, 0) is 6.07 Å². The summed E-state index contributed by atoms with van der Waals surface area (Å²) in [5.74, 6) is 0.135. The number of carbonyl (C=O) groups excluding carboxylic acids is 1. The Balaban J connectivity index is 1.83. The van der Waals surface area contributed by atoms with Crippen LogP contribution >= 0.6 is 11.8 Å². The molecule has 2 heterocycles. The van der Waals surface area contributed by atoms with Crippen molar-refractivity contribution >= 4 is 40.3 Å². The van der Waals surface area contributed by atoms with Crippen LogP contribution in [0.5, 0.6) is 0 Å². The van der Waals surface area contributed by atoms with E-state index in [-0.39, 0.29) is 23.4 Å². The molecule has 0 spiro atoms. The van der Waals surface area contributed by atoms with Gasteiger partial charge in [0.2, 0.25) is 11.9 Å². The number of Topliss-reactive ketones (excluding diaryl/α,β-unsaturated/α-hetero) is 1. The average molecular weight is 353 g/mol. The first-order valence-corrected chi connectivity index (χ1v) is 8.45. The number of anilines is 2. The molecule has 3 aromatic rings. The Morgan fingerprint density at radius 1 is 1.20 bits per heavy atom. The van der Waals surface area contributed by atoms with Gasteiger partial charge in [0.15, 0.2) is 10.9 Å². The van der Waals surface area contributed by atoms with E-state index in [1.165, 1.54) is 0 Å². The van der Waals surface area contributed by atoms with Gasteiger partial charge < -0.3 is 16.0 Å². The Morgan fingerprint density at radius 2 is 1.92 bits per heavy atom. The third-order valence-corrected chi connectivity index (χ3v) is 4.38. The van der Waals surface area contributed by atoms with E-state index in [1.54, 1.807) is 6.20 Å². The molecule has 0 atom stereocenters. The number of nitrogen functional groups attached to an aromatic ring is 2. The maximum absolute atomic E-state index is 12.7. The maximum Gasteiger partial charge on any atom is 0.225 e. The lowest BCUT2D eigenvalue weighted by molar-refractivity contribution is 0.102. The Morgan fingerprint density at radius 3 is 2.64 bits per heavy atom. The van der Waals surface area contributed by atoms with E-state index in [0.717, 1.165) is 22.7 Å². The van der Waals surface area contributed by atoms with E-state index >= 15 is 0 Å². The zero-order valence-corrected chi connectivity index (χ0v) is 14.0. The van der Waals surface area contributed by atoms with Crippen LogP contribution in [0.15, 0.2) is 35.6 Å². The average Bonchev–Trinajstić information content (AvgIpc) is 2.96. The number of rotatable bonds is 6. The lowest BCUT2D eigenvalue weighted by Gasteiger charge is -2.01. The lowest BCUT2D eigenvalue weighted by atomic mass is 10.1. The molecule has 0 aliphatic rings. The number of carbonyl (C=O) groups is 1. The minimum atomic E-state index is -0.0607. The molecule has 0 amide bonds. The van der Waals surface area contributed by atoms with E-state index < -0.39 is 0 Å². The smallest absolute Gasteiger partial charge is 0.225 e. The van der Waals surface area contributed by atoms with Gasteiger partial charge in [0, 0.05) is 29.2 Å². The zero-order chi connectivity index (χ0) is 17.8. The minimum absolute atomic E-state index is 0.0237. The molecule has 2 aromatic heterocycles. The van der Waals surface area contributed by atoms with Gasteiger partial charge in [-0.2, -0.15) is 20.2 Å². The summed E-state index contributed by atoms with van der Waals surface area (Å²) in [5, 5.41) is 9.97. The Bertz CT molecular complexity index is 956. The van der Waals surface area contributed by atoms with Crippen LogP contribution in [-0.2, 0) is 6.54 Å². The summed E-state index contributed by atoms with van der Waals surface area (Å²) in [5.41, 5.74) is 12.6. The summed E-state index contributed by atoms with van der Waals surface area (Å²) in [6, 6.07) is 9.74. The second-order valence-electron chi connectivity index (χ2n) is 5.21. The van der Waals surface area contributed by atoms with Crippen molar-refractivity contribution in [2.45, 2.75) is 18.1 Å². The van der Waals surface area contributed by atoms with Gasteiger partial charge in [0.05, 0.1) is 18.2 Å². The van der Waals surface area contributed by atoms with Crippen molar-refractivity contribution in [3.8, 4) is 6.07 Å². The van der Waals surface area contributed by atoms with Crippen LogP contribution in [0.25, 0.3) is 10.9 Å². The highest BCUT2D eigenvalue weighted by molar-refractivity contribution is 7.99. The summed E-state index contributed by atoms with van der Waals surface area (Å²) in [7, 11) is 0. The monoisotopic (exact) mass is 353 g/mol. The van der Waals surface area contributed by atoms with Crippen LogP contribution < -0.4 is 11.5 Å². The lowest BCUT2D eigenvalue weighted by Crippen LogP contribution is -2.06. The van der Waals surface area contributed by atoms with Crippen molar-refractivity contribution in [1.82, 2.24) is 19.5 Å². The molecule has 0 aliphatic heterocycles. The quantitative estimate of drug-likeness (QED) is 0.506. The molecule has 0 bridgehead atoms. The van der Waals surface area contributed by atoms with E-state index in [2.05, 4.69) is 21.0 Å². The van der Waals surface area contributed by atoms with Crippen LogP contribution in [0.1, 0.15) is 16.8 Å². The third-order valence-electron chi connectivity index (χ3n) is 3.54.